The fraction of sp³-hybridized carbons (Fsp3) is 0.667. The Bertz CT molecular complexity index is 320. The van der Waals surface area contributed by atoms with Crippen molar-refractivity contribution in [3.8, 4) is 0 Å². The van der Waals surface area contributed by atoms with Gasteiger partial charge in [0.2, 0.25) is 0 Å². The van der Waals surface area contributed by atoms with Gasteiger partial charge in [0.05, 0.1) is 0 Å². The molecule has 2 rings (SSSR count). The van der Waals surface area contributed by atoms with E-state index in [9.17, 15) is 0 Å². The summed E-state index contributed by atoms with van der Waals surface area (Å²) in [4.78, 5) is 8.78. The SMILES string of the molecule is CC(C)(C)c1cnc(C2CCCO2)nc1. The molecule has 1 aliphatic rings. The van der Waals surface area contributed by atoms with Crippen LogP contribution >= 0.6 is 0 Å². The van der Waals surface area contributed by atoms with Gasteiger partial charge in [-0.25, -0.2) is 9.97 Å². The van der Waals surface area contributed by atoms with Crippen molar-refractivity contribution in [1.82, 2.24) is 9.97 Å². The molecule has 0 radical (unpaired) electrons. The molecule has 1 unspecified atom stereocenters. The van der Waals surface area contributed by atoms with E-state index in [1.54, 1.807) is 0 Å². The lowest BCUT2D eigenvalue weighted by molar-refractivity contribution is 0.105. The Morgan fingerprint density at radius 2 is 1.93 bits per heavy atom. The molecule has 1 atom stereocenters. The predicted octanol–water partition coefficient (Wildman–Crippen LogP) is 2.63. The van der Waals surface area contributed by atoms with Gasteiger partial charge in [-0.1, -0.05) is 20.8 Å². The normalized spacial score (nSPS) is 21.9. The first kappa shape index (κ1) is 10.6. The molecule has 0 aliphatic carbocycles. The molecule has 15 heavy (non-hydrogen) atoms. The van der Waals surface area contributed by atoms with Gasteiger partial charge >= 0.3 is 0 Å². The first-order chi connectivity index (χ1) is 7.07. The van der Waals surface area contributed by atoms with Crippen LogP contribution in [0.3, 0.4) is 0 Å². The minimum Gasteiger partial charge on any atom is -0.370 e. The molecule has 0 aromatic carbocycles. The van der Waals surface area contributed by atoms with E-state index in [1.807, 2.05) is 12.4 Å². The molecule has 0 N–H and O–H groups in total. The first-order valence-electron chi connectivity index (χ1n) is 5.51. The molecule has 0 spiro atoms. The molecule has 82 valence electrons. The van der Waals surface area contributed by atoms with E-state index in [0.717, 1.165) is 25.3 Å². The maximum absolute atomic E-state index is 5.54. The number of rotatable bonds is 1. The van der Waals surface area contributed by atoms with Crippen LogP contribution in [0, 0.1) is 0 Å². The van der Waals surface area contributed by atoms with E-state index in [2.05, 4.69) is 30.7 Å². The highest BCUT2D eigenvalue weighted by Crippen LogP contribution is 2.27. The second-order valence-corrected chi connectivity index (χ2v) is 5.08. The van der Waals surface area contributed by atoms with Crippen molar-refractivity contribution in [2.24, 2.45) is 0 Å². The highest BCUT2D eigenvalue weighted by molar-refractivity contribution is 5.16. The standard InChI is InChI=1S/C12H18N2O/c1-12(2,3)9-7-13-11(14-8-9)10-5-4-6-15-10/h7-8,10H,4-6H2,1-3H3. The number of aromatic nitrogens is 2. The third-order valence-electron chi connectivity index (χ3n) is 2.76. The van der Waals surface area contributed by atoms with Crippen LogP contribution in [0.1, 0.15) is 51.1 Å². The van der Waals surface area contributed by atoms with Crippen LogP contribution in [0.5, 0.6) is 0 Å². The number of hydrogen-bond donors (Lipinski definition) is 0. The molecular weight excluding hydrogens is 188 g/mol. The summed E-state index contributed by atoms with van der Waals surface area (Å²) in [5.74, 6) is 0.834. The zero-order valence-electron chi connectivity index (χ0n) is 9.66. The highest BCUT2D eigenvalue weighted by atomic mass is 16.5. The summed E-state index contributed by atoms with van der Waals surface area (Å²) in [5.41, 5.74) is 1.29. The van der Waals surface area contributed by atoms with Crippen LogP contribution in [0.2, 0.25) is 0 Å². The van der Waals surface area contributed by atoms with Gasteiger partial charge in [0, 0.05) is 19.0 Å². The lowest BCUT2D eigenvalue weighted by Gasteiger charge is -2.18. The summed E-state index contributed by atoms with van der Waals surface area (Å²) < 4.78 is 5.54. The molecule has 0 saturated carbocycles. The Morgan fingerprint density at radius 3 is 2.40 bits per heavy atom. The van der Waals surface area contributed by atoms with Crippen molar-refractivity contribution < 1.29 is 4.74 Å². The smallest absolute Gasteiger partial charge is 0.157 e. The maximum atomic E-state index is 5.54. The topological polar surface area (TPSA) is 35.0 Å². The van der Waals surface area contributed by atoms with Crippen molar-refractivity contribution in [3.63, 3.8) is 0 Å². The second-order valence-electron chi connectivity index (χ2n) is 5.08. The van der Waals surface area contributed by atoms with Crippen molar-refractivity contribution >= 4 is 0 Å². The molecule has 1 saturated heterocycles. The Hall–Kier alpha value is -0.960. The molecule has 2 heterocycles. The maximum Gasteiger partial charge on any atom is 0.157 e. The lowest BCUT2D eigenvalue weighted by atomic mass is 9.89. The Labute approximate surface area is 90.9 Å². The molecule has 0 bridgehead atoms. The van der Waals surface area contributed by atoms with Crippen LogP contribution < -0.4 is 0 Å². The van der Waals surface area contributed by atoms with Crippen LogP contribution in [0.4, 0.5) is 0 Å². The summed E-state index contributed by atoms with van der Waals surface area (Å²) in [6.07, 6.45) is 6.14. The third kappa shape index (κ3) is 2.34. The van der Waals surface area contributed by atoms with Crippen LogP contribution in [-0.4, -0.2) is 16.6 Å². The zero-order chi connectivity index (χ0) is 10.9. The van der Waals surface area contributed by atoms with Gasteiger partial charge in [0.15, 0.2) is 5.82 Å². The molecule has 1 aliphatic heterocycles. The number of nitrogens with zero attached hydrogens (tertiary/aromatic N) is 2. The quantitative estimate of drug-likeness (QED) is 0.708. The molecule has 3 heteroatoms. The number of hydrogen-bond acceptors (Lipinski definition) is 3. The van der Waals surface area contributed by atoms with Crippen molar-refractivity contribution in [2.75, 3.05) is 6.61 Å². The fourth-order valence-corrected chi connectivity index (χ4v) is 1.67. The van der Waals surface area contributed by atoms with Gasteiger partial charge in [-0.15, -0.1) is 0 Å². The first-order valence-corrected chi connectivity index (χ1v) is 5.51. The molecule has 1 aromatic rings. The van der Waals surface area contributed by atoms with Crippen molar-refractivity contribution in [3.05, 3.63) is 23.8 Å². The van der Waals surface area contributed by atoms with E-state index in [0.29, 0.717) is 0 Å². The van der Waals surface area contributed by atoms with Crippen molar-refractivity contribution in [2.45, 2.75) is 45.1 Å². The van der Waals surface area contributed by atoms with Gasteiger partial charge in [0.25, 0.3) is 0 Å². The molecule has 1 aromatic heterocycles. The van der Waals surface area contributed by atoms with Crippen LogP contribution in [0.25, 0.3) is 0 Å². The average Bonchev–Trinajstić information content (AvgIpc) is 2.69. The highest BCUT2D eigenvalue weighted by Gasteiger charge is 2.21. The Kier molecular flexibility index (Phi) is 2.74. The fourth-order valence-electron chi connectivity index (χ4n) is 1.67. The minimum absolute atomic E-state index is 0.120. The summed E-state index contributed by atoms with van der Waals surface area (Å²) >= 11 is 0. The monoisotopic (exact) mass is 206 g/mol. The van der Waals surface area contributed by atoms with Crippen LogP contribution in [-0.2, 0) is 10.2 Å². The summed E-state index contributed by atoms with van der Waals surface area (Å²) in [6, 6.07) is 0. The largest absolute Gasteiger partial charge is 0.370 e. The van der Waals surface area contributed by atoms with Gasteiger partial charge in [0.1, 0.15) is 6.10 Å². The summed E-state index contributed by atoms with van der Waals surface area (Å²) in [5, 5.41) is 0. The average molecular weight is 206 g/mol. The van der Waals surface area contributed by atoms with Gasteiger partial charge in [-0.3, -0.25) is 0 Å². The number of ether oxygens (including phenoxy) is 1. The second kappa shape index (κ2) is 3.89. The van der Waals surface area contributed by atoms with Gasteiger partial charge in [-0.05, 0) is 23.8 Å². The van der Waals surface area contributed by atoms with Gasteiger partial charge < -0.3 is 4.74 Å². The summed E-state index contributed by atoms with van der Waals surface area (Å²) in [7, 11) is 0. The lowest BCUT2D eigenvalue weighted by Crippen LogP contribution is -2.13. The predicted molar refractivity (Wildman–Crippen MR) is 58.7 cm³/mol. The zero-order valence-corrected chi connectivity index (χ0v) is 9.66. The molecule has 3 nitrogen and oxygen atoms in total. The van der Waals surface area contributed by atoms with E-state index in [4.69, 9.17) is 4.74 Å². The Balaban J connectivity index is 2.16. The summed E-state index contributed by atoms with van der Waals surface area (Å²) in [6.45, 7) is 7.33. The molecular formula is C12H18N2O. The molecule has 1 fully saturated rings. The van der Waals surface area contributed by atoms with E-state index in [1.165, 1.54) is 5.56 Å². The van der Waals surface area contributed by atoms with E-state index < -0.39 is 0 Å². The van der Waals surface area contributed by atoms with E-state index in [-0.39, 0.29) is 11.5 Å². The van der Waals surface area contributed by atoms with E-state index >= 15 is 0 Å². The van der Waals surface area contributed by atoms with Crippen molar-refractivity contribution in [1.29, 1.82) is 0 Å². The molecule has 0 amide bonds. The Morgan fingerprint density at radius 1 is 1.27 bits per heavy atom. The van der Waals surface area contributed by atoms with Gasteiger partial charge in [-0.2, -0.15) is 0 Å². The van der Waals surface area contributed by atoms with Crippen LogP contribution in [0.15, 0.2) is 12.4 Å². The minimum atomic E-state index is 0.120. The third-order valence-corrected chi connectivity index (χ3v) is 2.76.